The van der Waals surface area contributed by atoms with Gasteiger partial charge in [-0.15, -0.1) is 0 Å². The van der Waals surface area contributed by atoms with Crippen molar-refractivity contribution >= 4 is 0 Å². The van der Waals surface area contributed by atoms with Gasteiger partial charge in [-0.1, -0.05) is 121 Å². The van der Waals surface area contributed by atoms with Gasteiger partial charge >= 0.3 is 0 Å². The molecule has 0 aromatic heterocycles. The second-order valence-electron chi connectivity index (χ2n) is 16.9. The van der Waals surface area contributed by atoms with Crippen LogP contribution in [0, 0.1) is 0 Å². The van der Waals surface area contributed by atoms with Gasteiger partial charge in [-0.2, -0.15) is 0 Å². The topological polar surface area (TPSA) is 43.5 Å². The van der Waals surface area contributed by atoms with Gasteiger partial charge < -0.3 is 18.9 Å². The van der Waals surface area contributed by atoms with Gasteiger partial charge in [0.15, 0.2) is 0 Å². The van der Waals surface area contributed by atoms with E-state index in [4.69, 9.17) is 18.9 Å². The Bertz CT molecular complexity index is 1160. The van der Waals surface area contributed by atoms with Crippen molar-refractivity contribution in [2.24, 2.45) is 0 Å². The van der Waals surface area contributed by atoms with Crippen LogP contribution in [-0.4, -0.2) is 38.6 Å². The molecule has 2 unspecified atom stereocenters. The largest absolute Gasteiger partial charge is 0.490 e. The summed E-state index contributed by atoms with van der Waals surface area (Å²) in [5.41, 5.74) is 7.47. The van der Waals surface area contributed by atoms with Gasteiger partial charge in [0.1, 0.15) is 36.9 Å². The molecule has 2 aromatic carbocycles. The standard InChI is InChI=1S/C41H64O4/c1-15-37(5,6)31-19-27(20-32(38(7,8)16-2)35(31)44-25-29-23-42-29)41(13,14)28-21-33(39(9,10)17-3)36(45-26-30-24-43-30)34(22-28)40(11,12)18-4/h19-22,29-30H,15-18,23-26H2,1-14H3. The van der Waals surface area contributed by atoms with Crippen LogP contribution in [0.15, 0.2) is 24.3 Å². The third-order valence-corrected chi connectivity index (χ3v) is 11.7. The molecule has 4 rings (SSSR count). The third kappa shape index (κ3) is 7.59. The lowest BCUT2D eigenvalue weighted by atomic mass is 9.68. The van der Waals surface area contributed by atoms with Crippen molar-refractivity contribution < 1.29 is 18.9 Å². The molecule has 0 spiro atoms. The van der Waals surface area contributed by atoms with Gasteiger partial charge in [0.05, 0.1) is 13.2 Å². The number of ether oxygens (including phenoxy) is 4. The van der Waals surface area contributed by atoms with E-state index in [9.17, 15) is 0 Å². The molecule has 2 heterocycles. The van der Waals surface area contributed by atoms with E-state index >= 15 is 0 Å². The summed E-state index contributed by atoms with van der Waals surface area (Å²) < 4.78 is 24.6. The first-order chi connectivity index (χ1) is 20.8. The van der Waals surface area contributed by atoms with Crippen molar-refractivity contribution in [1.29, 1.82) is 0 Å². The average molecular weight is 621 g/mol. The van der Waals surface area contributed by atoms with Gasteiger partial charge in [0.2, 0.25) is 0 Å². The smallest absolute Gasteiger partial charge is 0.126 e. The Labute approximate surface area is 276 Å². The van der Waals surface area contributed by atoms with Crippen LogP contribution in [0.25, 0.3) is 0 Å². The molecule has 4 nitrogen and oxygen atoms in total. The number of hydrogen-bond acceptors (Lipinski definition) is 4. The maximum atomic E-state index is 6.71. The molecule has 0 aliphatic carbocycles. The van der Waals surface area contributed by atoms with Crippen molar-refractivity contribution in [3.8, 4) is 11.5 Å². The van der Waals surface area contributed by atoms with E-state index in [1.54, 1.807) is 0 Å². The molecule has 2 aliphatic heterocycles. The van der Waals surface area contributed by atoms with E-state index in [2.05, 4.69) is 121 Å². The molecule has 252 valence electrons. The van der Waals surface area contributed by atoms with Crippen molar-refractivity contribution in [2.45, 2.75) is 162 Å². The van der Waals surface area contributed by atoms with Crippen molar-refractivity contribution in [3.63, 3.8) is 0 Å². The summed E-state index contributed by atoms with van der Waals surface area (Å²) in [7, 11) is 0. The van der Waals surface area contributed by atoms with Gasteiger partial charge in [-0.3, -0.25) is 0 Å². The van der Waals surface area contributed by atoms with Crippen LogP contribution in [0.5, 0.6) is 11.5 Å². The lowest BCUT2D eigenvalue weighted by molar-refractivity contribution is 0.250. The summed E-state index contributed by atoms with van der Waals surface area (Å²) in [5, 5.41) is 0. The normalized spacial score (nSPS) is 19.1. The van der Waals surface area contributed by atoms with E-state index in [1.807, 2.05) is 0 Å². The van der Waals surface area contributed by atoms with E-state index < -0.39 is 0 Å². The summed E-state index contributed by atoms with van der Waals surface area (Å²) in [6, 6.07) is 9.86. The van der Waals surface area contributed by atoms with Gasteiger partial charge in [-0.25, -0.2) is 0 Å². The maximum absolute atomic E-state index is 6.71. The summed E-state index contributed by atoms with van der Waals surface area (Å²) >= 11 is 0. The lowest BCUT2D eigenvalue weighted by Crippen LogP contribution is -2.29. The Kier molecular flexibility index (Phi) is 10.2. The Morgan fingerprint density at radius 1 is 0.511 bits per heavy atom. The molecule has 2 aromatic rings. The summed E-state index contributed by atoms with van der Waals surface area (Å²) in [6.07, 6.45) is 4.53. The first-order valence-electron chi connectivity index (χ1n) is 17.7. The Morgan fingerprint density at radius 2 is 0.756 bits per heavy atom. The number of epoxide rings is 2. The predicted molar refractivity (Wildman–Crippen MR) is 189 cm³/mol. The molecule has 2 fully saturated rings. The zero-order valence-corrected chi connectivity index (χ0v) is 31.3. The maximum Gasteiger partial charge on any atom is 0.126 e. The van der Waals surface area contributed by atoms with Crippen LogP contribution in [-0.2, 0) is 36.5 Å². The molecule has 0 saturated carbocycles. The molecule has 2 atom stereocenters. The summed E-state index contributed by atoms with van der Waals surface area (Å²) in [4.78, 5) is 0. The highest BCUT2D eigenvalue weighted by molar-refractivity contribution is 5.58. The summed E-state index contributed by atoms with van der Waals surface area (Å²) in [6.45, 7) is 35.7. The van der Waals surface area contributed by atoms with Crippen LogP contribution in [0.1, 0.15) is 156 Å². The molecule has 0 N–H and O–H groups in total. The van der Waals surface area contributed by atoms with E-state index in [-0.39, 0.29) is 39.3 Å². The number of rotatable bonds is 16. The Balaban J connectivity index is 2.00. The minimum atomic E-state index is -0.259. The van der Waals surface area contributed by atoms with Crippen LogP contribution in [0.2, 0.25) is 0 Å². The predicted octanol–water partition coefficient (Wildman–Crippen LogP) is 10.3. The molecular formula is C41H64O4. The van der Waals surface area contributed by atoms with Crippen molar-refractivity contribution in [1.82, 2.24) is 0 Å². The first-order valence-corrected chi connectivity index (χ1v) is 17.7. The molecule has 0 radical (unpaired) electrons. The third-order valence-electron chi connectivity index (χ3n) is 11.7. The molecule has 4 heteroatoms. The fourth-order valence-electron chi connectivity index (χ4n) is 5.91. The van der Waals surface area contributed by atoms with Gasteiger partial charge in [0, 0.05) is 27.7 Å². The highest BCUT2D eigenvalue weighted by Crippen LogP contribution is 2.49. The van der Waals surface area contributed by atoms with Crippen molar-refractivity contribution in [3.05, 3.63) is 57.6 Å². The second-order valence-corrected chi connectivity index (χ2v) is 16.9. The van der Waals surface area contributed by atoms with Crippen LogP contribution in [0.4, 0.5) is 0 Å². The van der Waals surface area contributed by atoms with E-state index in [0.29, 0.717) is 13.2 Å². The average Bonchev–Trinajstić information content (AvgIpc) is 3.94. The molecule has 2 saturated heterocycles. The first kappa shape index (κ1) is 35.8. The minimum Gasteiger partial charge on any atom is -0.490 e. The zero-order chi connectivity index (χ0) is 33.6. The zero-order valence-electron chi connectivity index (χ0n) is 31.3. The number of benzene rings is 2. The molecule has 0 amide bonds. The van der Waals surface area contributed by atoms with Gasteiger partial charge in [0.25, 0.3) is 0 Å². The van der Waals surface area contributed by atoms with E-state index in [0.717, 1.165) is 50.4 Å². The number of hydrogen-bond donors (Lipinski definition) is 0. The van der Waals surface area contributed by atoms with Crippen LogP contribution in [0.3, 0.4) is 0 Å². The highest BCUT2D eigenvalue weighted by atomic mass is 16.6. The monoisotopic (exact) mass is 620 g/mol. The van der Waals surface area contributed by atoms with Crippen LogP contribution >= 0.6 is 0 Å². The molecular weight excluding hydrogens is 556 g/mol. The SMILES string of the molecule is CCC(C)(C)c1cc(C(C)(C)c2cc(C(C)(C)CC)c(OCC3CO3)c(C(C)(C)CC)c2)cc(C(C)(C)CC)c1OCC1CO1. The fraction of sp³-hybridized carbons (Fsp3) is 0.707. The molecule has 45 heavy (non-hydrogen) atoms. The lowest BCUT2D eigenvalue weighted by Gasteiger charge is -2.38. The Morgan fingerprint density at radius 3 is 0.956 bits per heavy atom. The van der Waals surface area contributed by atoms with Crippen LogP contribution < -0.4 is 9.47 Å². The molecule has 0 bridgehead atoms. The van der Waals surface area contributed by atoms with E-state index in [1.165, 1.54) is 33.4 Å². The Hall–Kier alpha value is -2.04. The van der Waals surface area contributed by atoms with Crippen molar-refractivity contribution in [2.75, 3.05) is 26.4 Å². The highest BCUT2D eigenvalue weighted by Gasteiger charge is 2.38. The second kappa shape index (κ2) is 12.9. The fourth-order valence-corrected chi connectivity index (χ4v) is 5.91. The molecule has 2 aliphatic rings. The van der Waals surface area contributed by atoms with Gasteiger partial charge in [-0.05, 0) is 58.5 Å². The summed E-state index contributed by atoms with van der Waals surface area (Å²) in [5.74, 6) is 2.13. The quantitative estimate of drug-likeness (QED) is 0.175. The minimum absolute atomic E-state index is 0.0439.